The zero-order valence-electron chi connectivity index (χ0n) is 12.9. The molecule has 1 aliphatic rings. The van der Waals surface area contributed by atoms with Crippen LogP contribution in [0.1, 0.15) is 31.2 Å². The molecule has 2 rings (SSSR count). The molecule has 1 amide bonds. The summed E-state index contributed by atoms with van der Waals surface area (Å²) in [6.45, 7) is 0. The third-order valence-electron chi connectivity index (χ3n) is 4.06. The smallest absolute Gasteiger partial charge is 0.326 e. The van der Waals surface area contributed by atoms with E-state index in [1.165, 1.54) is 18.2 Å². The summed E-state index contributed by atoms with van der Waals surface area (Å²) < 4.78 is 0. The molecule has 1 aromatic rings. The van der Waals surface area contributed by atoms with Gasteiger partial charge in [-0.2, -0.15) is 0 Å². The summed E-state index contributed by atoms with van der Waals surface area (Å²) in [4.78, 5) is 45.2. The number of ketones is 1. The molecular weight excluding hydrogens is 316 g/mol. The Balaban J connectivity index is 2.03. The lowest BCUT2D eigenvalue weighted by atomic mass is 9.83. The summed E-state index contributed by atoms with van der Waals surface area (Å²) in [5.41, 5.74) is 0.290. The van der Waals surface area contributed by atoms with Gasteiger partial charge in [0.25, 0.3) is 5.69 Å². The van der Waals surface area contributed by atoms with Crippen molar-refractivity contribution < 1.29 is 24.4 Å². The first-order valence-electron chi connectivity index (χ1n) is 7.64. The first-order chi connectivity index (χ1) is 11.4. The molecule has 0 aliphatic heterocycles. The summed E-state index contributed by atoms with van der Waals surface area (Å²) in [5.74, 6) is -2.13. The van der Waals surface area contributed by atoms with E-state index in [1.54, 1.807) is 6.07 Å². The summed E-state index contributed by atoms with van der Waals surface area (Å²) in [6.07, 6.45) is 1.62. The number of nitro benzene ring substituents is 1. The second-order valence-corrected chi connectivity index (χ2v) is 5.88. The number of carbonyl (C=O) groups is 3. The Labute approximate surface area is 138 Å². The number of carboxylic acids is 1. The van der Waals surface area contributed by atoms with E-state index in [2.05, 4.69) is 5.32 Å². The zero-order chi connectivity index (χ0) is 17.7. The highest BCUT2D eigenvalue weighted by molar-refractivity contribution is 5.86. The van der Waals surface area contributed by atoms with Crippen LogP contribution in [0.2, 0.25) is 0 Å². The van der Waals surface area contributed by atoms with Crippen LogP contribution < -0.4 is 5.32 Å². The number of nitro groups is 1. The van der Waals surface area contributed by atoms with E-state index in [1.807, 2.05) is 0 Å². The van der Waals surface area contributed by atoms with Crippen LogP contribution in [-0.4, -0.2) is 33.7 Å². The van der Waals surface area contributed by atoms with Crippen LogP contribution >= 0.6 is 0 Å². The molecule has 8 nitrogen and oxygen atoms in total. The highest BCUT2D eigenvalue weighted by Gasteiger charge is 2.33. The van der Waals surface area contributed by atoms with E-state index in [-0.39, 0.29) is 24.3 Å². The van der Waals surface area contributed by atoms with Gasteiger partial charge in [-0.15, -0.1) is 0 Å². The molecule has 0 bridgehead atoms. The van der Waals surface area contributed by atoms with Crippen LogP contribution in [0.25, 0.3) is 0 Å². The zero-order valence-corrected chi connectivity index (χ0v) is 12.9. The minimum atomic E-state index is -1.18. The Morgan fingerprint density at radius 3 is 2.79 bits per heavy atom. The first-order valence-corrected chi connectivity index (χ1v) is 7.64. The Kier molecular flexibility index (Phi) is 5.62. The number of amides is 1. The standard InChI is InChI=1S/C16H18N2O6/c19-13-6-2-4-11(9-13)15(16(21)22)17-14(20)8-10-3-1-5-12(7-10)18(23)24/h1,3,5,7,11,15H,2,4,6,8-9H2,(H,17,20)(H,21,22)/t11-,15+/m0/s1. The molecule has 0 spiro atoms. The number of Topliss-reactive ketones (excluding diaryl/α,β-unsaturated/α-hetero) is 1. The third-order valence-corrected chi connectivity index (χ3v) is 4.06. The van der Waals surface area contributed by atoms with Gasteiger partial charge >= 0.3 is 5.97 Å². The number of hydrogen-bond acceptors (Lipinski definition) is 5. The van der Waals surface area contributed by atoms with Crippen LogP contribution in [0.5, 0.6) is 0 Å². The highest BCUT2D eigenvalue weighted by atomic mass is 16.6. The van der Waals surface area contributed by atoms with Crippen LogP contribution in [0.15, 0.2) is 24.3 Å². The van der Waals surface area contributed by atoms with Gasteiger partial charge in [0.15, 0.2) is 0 Å². The van der Waals surface area contributed by atoms with Crippen molar-refractivity contribution in [2.24, 2.45) is 5.92 Å². The number of nitrogens with zero attached hydrogens (tertiary/aromatic N) is 1. The SMILES string of the molecule is O=C1CCC[C@H]([C@@H](NC(=O)Cc2cccc([N+](=O)[O-])c2)C(=O)O)C1. The van der Waals surface area contributed by atoms with Crippen molar-refractivity contribution in [2.45, 2.75) is 38.1 Å². The maximum absolute atomic E-state index is 12.1. The Morgan fingerprint density at radius 2 is 2.17 bits per heavy atom. The fraction of sp³-hybridized carbons (Fsp3) is 0.438. The van der Waals surface area contributed by atoms with Crippen LogP contribution in [0.3, 0.4) is 0 Å². The molecule has 2 N–H and O–H groups in total. The lowest BCUT2D eigenvalue weighted by molar-refractivity contribution is -0.384. The fourth-order valence-electron chi connectivity index (χ4n) is 2.91. The van der Waals surface area contributed by atoms with Gasteiger partial charge in [-0.3, -0.25) is 19.7 Å². The fourth-order valence-corrected chi connectivity index (χ4v) is 2.91. The minimum absolute atomic E-state index is 0.00503. The normalized spacial score (nSPS) is 18.7. The predicted octanol–water partition coefficient (Wildman–Crippen LogP) is 1.47. The predicted molar refractivity (Wildman–Crippen MR) is 83.3 cm³/mol. The van der Waals surface area contributed by atoms with Crippen molar-refractivity contribution in [3.63, 3.8) is 0 Å². The number of aliphatic carboxylic acids is 1. The monoisotopic (exact) mass is 334 g/mol. The molecule has 0 aromatic heterocycles. The maximum Gasteiger partial charge on any atom is 0.326 e. The molecule has 24 heavy (non-hydrogen) atoms. The van der Waals surface area contributed by atoms with Gasteiger partial charge in [0, 0.05) is 25.0 Å². The van der Waals surface area contributed by atoms with Gasteiger partial charge in [-0.25, -0.2) is 4.79 Å². The van der Waals surface area contributed by atoms with Gasteiger partial charge < -0.3 is 10.4 Å². The van der Waals surface area contributed by atoms with Crippen molar-refractivity contribution in [1.82, 2.24) is 5.32 Å². The average Bonchev–Trinajstić information content (AvgIpc) is 2.52. The lowest BCUT2D eigenvalue weighted by Crippen LogP contribution is -2.47. The number of carbonyl (C=O) groups excluding carboxylic acids is 2. The van der Waals surface area contributed by atoms with Gasteiger partial charge in [0.2, 0.25) is 5.91 Å². The molecule has 1 aliphatic carbocycles. The second kappa shape index (κ2) is 7.67. The summed E-state index contributed by atoms with van der Waals surface area (Å²) in [6, 6.07) is 4.50. The molecule has 0 radical (unpaired) electrons. The average molecular weight is 334 g/mol. The van der Waals surface area contributed by atoms with E-state index in [9.17, 15) is 29.6 Å². The number of benzene rings is 1. The number of non-ortho nitro benzene ring substituents is 1. The number of rotatable bonds is 6. The van der Waals surface area contributed by atoms with Crippen molar-refractivity contribution >= 4 is 23.3 Å². The Morgan fingerprint density at radius 1 is 1.42 bits per heavy atom. The van der Waals surface area contributed by atoms with E-state index >= 15 is 0 Å². The van der Waals surface area contributed by atoms with Crippen molar-refractivity contribution in [2.75, 3.05) is 0 Å². The number of nitrogens with one attached hydrogen (secondary N) is 1. The molecule has 128 valence electrons. The molecule has 1 fully saturated rings. The largest absolute Gasteiger partial charge is 0.480 e. The van der Waals surface area contributed by atoms with Crippen LogP contribution in [0, 0.1) is 16.0 Å². The second-order valence-electron chi connectivity index (χ2n) is 5.88. The first kappa shape index (κ1) is 17.6. The third kappa shape index (κ3) is 4.61. The van der Waals surface area contributed by atoms with Gasteiger partial charge in [-0.05, 0) is 24.3 Å². The van der Waals surface area contributed by atoms with E-state index in [0.29, 0.717) is 24.8 Å². The summed E-state index contributed by atoms with van der Waals surface area (Å²) in [5, 5.41) is 22.5. The Bertz CT molecular complexity index is 672. The van der Waals surface area contributed by atoms with E-state index in [0.717, 1.165) is 0 Å². The quantitative estimate of drug-likeness (QED) is 0.599. The molecule has 8 heteroatoms. The van der Waals surface area contributed by atoms with Gasteiger partial charge in [0.1, 0.15) is 11.8 Å². The van der Waals surface area contributed by atoms with E-state index in [4.69, 9.17) is 0 Å². The molecule has 0 unspecified atom stereocenters. The summed E-state index contributed by atoms with van der Waals surface area (Å²) >= 11 is 0. The van der Waals surface area contributed by atoms with Crippen LogP contribution in [-0.2, 0) is 20.8 Å². The van der Waals surface area contributed by atoms with Crippen LogP contribution in [0.4, 0.5) is 5.69 Å². The number of carboxylic acid groups (broad SMARTS) is 1. The van der Waals surface area contributed by atoms with Crippen molar-refractivity contribution in [1.29, 1.82) is 0 Å². The lowest BCUT2D eigenvalue weighted by Gasteiger charge is -2.27. The molecule has 1 aromatic carbocycles. The molecule has 0 saturated heterocycles. The molecule has 0 heterocycles. The van der Waals surface area contributed by atoms with E-state index < -0.39 is 28.8 Å². The topological polar surface area (TPSA) is 127 Å². The maximum atomic E-state index is 12.1. The minimum Gasteiger partial charge on any atom is -0.480 e. The molecule has 1 saturated carbocycles. The highest BCUT2D eigenvalue weighted by Crippen LogP contribution is 2.24. The van der Waals surface area contributed by atoms with Gasteiger partial charge in [-0.1, -0.05) is 12.1 Å². The molecular formula is C16H18N2O6. The number of hydrogen-bond donors (Lipinski definition) is 2. The van der Waals surface area contributed by atoms with Crippen molar-refractivity contribution in [3.05, 3.63) is 39.9 Å². The van der Waals surface area contributed by atoms with Gasteiger partial charge in [0.05, 0.1) is 11.3 Å². The Hall–Kier alpha value is -2.77. The van der Waals surface area contributed by atoms with Crippen molar-refractivity contribution in [3.8, 4) is 0 Å². The summed E-state index contributed by atoms with van der Waals surface area (Å²) in [7, 11) is 0. The molecule has 2 atom stereocenters.